The van der Waals surface area contributed by atoms with Gasteiger partial charge in [-0.1, -0.05) is 0 Å². The molecule has 0 spiro atoms. The van der Waals surface area contributed by atoms with Gasteiger partial charge in [-0.3, -0.25) is 0 Å². The molecule has 2 atom stereocenters. The number of likely N-dealkylation sites (tertiary alicyclic amines) is 1. The maximum atomic E-state index is 12.1. The molecule has 2 heterocycles. The fourth-order valence-corrected chi connectivity index (χ4v) is 2.82. The third kappa shape index (κ3) is 4.35. The summed E-state index contributed by atoms with van der Waals surface area (Å²) in [7, 11) is 0. The van der Waals surface area contributed by atoms with Gasteiger partial charge in [-0.2, -0.15) is 0 Å². The van der Waals surface area contributed by atoms with E-state index in [9.17, 15) is 4.79 Å². The molecule has 5 heteroatoms. The van der Waals surface area contributed by atoms with E-state index < -0.39 is 5.60 Å². The van der Waals surface area contributed by atoms with Crippen molar-refractivity contribution < 1.29 is 9.53 Å². The van der Waals surface area contributed by atoms with Crippen LogP contribution >= 0.6 is 0 Å². The predicted octanol–water partition coefficient (Wildman–Crippen LogP) is 1.58. The van der Waals surface area contributed by atoms with Gasteiger partial charge in [0.2, 0.25) is 0 Å². The van der Waals surface area contributed by atoms with Gasteiger partial charge in [-0.25, -0.2) is 4.79 Å². The van der Waals surface area contributed by atoms with Crippen molar-refractivity contribution in [2.24, 2.45) is 5.92 Å². The molecule has 0 aromatic carbocycles. The SMILES string of the molecule is CC(NC1CNC1)C1CCCN(C(=O)OC(C)(C)C)C1. The van der Waals surface area contributed by atoms with E-state index in [4.69, 9.17) is 4.74 Å². The number of nitrogens with zero attached hydrogens (tertiary/aromatic N) is 1. The van der Waals surface area contributed by atoms with E-state index in [0.29, 0.717) is 18.0 Å². The first-order chi connectivity index (χ1) is 9.35. The normalized spacial score (nSPS) is 26.0. The summed E-state index contributed by atoms with van der Waals surface area (Å²) in [6.07, 6.45) is 2.09. The summed E-state index contributed by atoms with van der Waals surface area (Å²) in [5.41, 5.74) is -0.411. The molecule has 0 radical (unpaired) electrons. The second kappa shape index (κ2) is 6.31. The van der Waals surface area contributed by atoms with Crippen LogP contribution in [0.25, 0.3) is 0 Å². The van der Waals surface area contributed by atoms with Crippen molar-refractivity contribution in [3.8, 4) is 0 Å². The van der Waals surface area contributed by atoms with E-state index in [1.54, 1.807) is 0 Å². The fraction of sp³-hybridized carbons (Fsp3) is 0.933. The number of carbonyl (C=O) groups is 1. The molecule has 2 fully saturated rings. The van der Waals surface area contributed by atoms with Gasteiger partial charge < -0.3 is 20.3 Å². The molecule has 0 bridgehead atoms. The van der Waals surface area contributed by atoms with Gasteiger partial charge in [0, 0.05) is 38.3 Å². The summed E-state index contributed by atoms with van der Waals surface area (Å²) >= 11 is 0. The van der Waals surface area contributed by atoms with E-state index in [1.807, 2.05) is 25.7 Å². The van der Waals surface area contributed by atoms with Crippen LogP contribution in [0.3, 0.4) is 0 Å². The zero-order chi connectivity index (χ0) is 14.8. The predicted molar refractivity (Wildman–Crippen MR) is 79.8 cm³/mol. The van der Waals surface area contributed by atoms with Crippen LogP contribution in [0.2, 0.25) is 0 Å². The molecule has 2 aliphatic heterocycles. The van der Waals surface area contributed by atoms with E-state index >= 15 is 0 Å². The van der Waals surface area contributed by atoms with Gasteiger partial charge in [0.05, 0.1) is 0 Å². The number of hydrogen-bond acceptors (Lipinski definition) is 4. The first kappa shape index (κ1) is 15.6. The molecule has 5 nitrogen and oxygen atoms in total. The van der Waals surface area contributed by atoms with Crippen LogP contribution in [0.5, 0.6) is 0 Å². The Morgan fingerprint density at radius 1 is 1.40 bits per heavy atom. The fourth-order valence-electron chi connectivity index (χ4n) is 2.82. The summed E-state index contributed by atoms with van der Waals surface area (Å²) in [5.74, 6) is 0.525. The Morgan fingerprint density at radius 2 is 2.10 bits per heavy atom. The Kier molecular flexibility index (Phi) is 4.91. The largest absolute Gasteiger partial charge is 0.444 e. The molecule has 2 unspecified atom stereocenters. The number of rotatable bonds is 3. The van der Waals surface area contributed by atoms with E-state index in [2.05, 4.69) is 17.6 Å². The smallest absolute Gasteiger partial charge is 0.410 e. The van der Waals surface area contributed by atoms with Crippen molar-refractivity contribution in [3.05, 3.63) is 0 Å². The lowest BCUT2D eigenvalue weighted by Gasteiger charge is -2.39. The maximum Gasteiger partial charge on any atom is 0.410 e. The molecule has 0 aromatic heterocycles. The molecule has 0 aromatic rings. The van der Waals surface area contributed by atoms with Crippen LogP contribution in [-0.4, -0.2) is 54.9 Å². The molecule has 1 amide bonds. The van der Waals surface area contributed by atoms with Crippen LogP contribution in [0.4, 0.5) is 4.79 Å². The van der Waals surface area contributed by atoms with Crippen molar-refractivity contribution in [3.63, 3.8) is 0 Å². The zero-order valence-electron chi connectivity index (χ0n) is 13.2. The molecule has 20 heavy (non-hydrogen) atoms. The van der Waals surface area contributed by atoms with E-state index in [-0.39, 0.29) is 6.09 Å². The lowest BCUT2D eigenvalue weighted by molar-refractivity contribution is 0.0144. The molecule has 0 saturated carbocycles. The van der Waals surface area contributed by atoms with Crippen LogP contribution in [-0.2, 0) is 4.74 Å². The highest BCUT2D eigenvalue weighted by Crippen LogP contribution is 2.22. The quantitative estimate of drug-likeness (QED) is 0.826. The molecule has 2 aliphatic rings. The van der Waals surface area contributed by atoms with Crippen molar-refractivity contribution in [1.29, 1.82) is 0 Å². The summed E-state index contributed by atoms with van der Waals surface area (Å²) in [4.78, 5) is 14.0. The number of ether oxygens (including phenoxy) is 1. The second-order valence-corrected chi connectivity index (χ2v) is 7.14. The van der Waals surface area contributed by atoms with Crippen molar-refractivity contribution in [2.45, 2.75) is 58.2 Å². The van der Waals surface area contributed by atoms with Gasteiger partial charge in [0.15, 0.2) is 0 Å². The monoisotopic (exact) mass is 283 g/mol. The van der Waals surface area contributed by atoms with Gasteiger partial charge >= 0.3 is 6.09 Å². The second-order valence-electron chi connectivity index (χ2n) is 7.14. The number of hydrogen-bond donors (Lipinski definition) is 2. The first-order valence-electron chi connectivity index (χ1n) is 7.80. The summed E-state index contributed by atoms with van der Waals surface area (Å²) in [5, 5.41) is 6.93. The highest BCUT2D eigenvalue weighted by molar-refractivity contribution is 5.68. The number of amides is 1. The Bertz CT molecular complexity index is 337. The Balaban J connectivity index is 1.82. The highest BCUT2D eigenvalue weighted by Gasteiger charge is 2.31. The Labute approximate surface area is 122 Å². The van der Waals surface area contributed by atoms with E-state index in [1.165, 1.54) is 6.42 Å². The average Bonchev–Trinajstić information content (AvgIpc) is 2.31. The van der Waals surface area contributed by atoms with Crippen LogP contribution in [0, 0.1) is 5.92 Å². The molecule has 2 N–H and O–H groups in total. The number of carbonyl (C=O) groups excluding carboxylic acids is 1. The van der Waals surface area contributed by atoms with Gasteiger partial charge in [0.1, 0.15) is 5.60 Å². The van der Waals surface area contributed by atoms with Crippen LogP contribution in [0.15, 0.2) is 0 Å². The van der Waals surface area contributed by atoms with Crippen molar-refractivity contribution in [1.82, 2.24) is 15.5 Å². The first-order valence-corrected chi connectivity index (χ1v) is 7.80. The highest BCUT2D eigenvalue weighted by atomic mass is 16.6. The standard InChI is InChI=1S/C15H29N3O2/c1-11(17-13-8-16-9-13)12-6-5-7-18(10-12)14(19)20-15(2,3)4/h11-13,16-17H,5-10H2,1-4H3. The lowest BCUT2D eigenvalue weighted by atomic mass is 9.91. The Morgan fingerprint density at radius 3 is 2.65 bits per heavy atom. The van der Waals surface area contributed by atoms with Crippen LogP contribution in [0.1, 0.15) is 40.5 Å². The number of nitrogens with one attached hydrogen (secondary N) is 2. The third-order valence-electron chi connectivity index (χ3n) is 4.10. The molecule has 116 valence electrons. The van der Waals surface area contributed by atoms with Crippen LogP contribution < -0.4 is 10.6 Å². The van der Waals surface area contributed by atoms with Gasteiger partial charge in [0.25, 0.3) is 0 Å². The molecule has 2 rings (SSSR count). The van der Waals surface area contributed by atoms with Crippen molar-refractivity contribution in [2.75, 3.05) is 26.2 Å². The van der Waals surface area contributed by atoms with Gasteiger partial charge in [-0.15, -0.1) is 0 Å². The minimum absolute atomic E-state index is 0.167. The average molecular weight is 283 g/mol. The Hall–Kier alpha value is -0.810. The summed E-state index contributed by atoms with van der Waals surface area (Å²) < 4.78 is 5.48. The molecule has 0 aliphatic carbocycles. The topological polar surface area (TPSA) is 53.6 Å². The number of piperidine rings is 1. The third-order valence-corrected chi connectivity index (χ3v) is 4.10. The summed E-state index contributed by atoms with van der Waals surface area (Å²) in [6.45, 7) is 11.7. The lowest BCUT2D eigenvalue weighted by Crippen LogP contribution is -2.59. The van der Waals surface area contributed by atoms with E-state index in [0.717, 1.165) is 32.6 Å². The zero-order valence-corrected chi connectivity index (χ0v) is 13.2. The molecular weight excluding hydrogens is 254 g/mol. The molecule has 2 saturated heterocycles. The van der Waals surface area contributed by atoms with Gasteiger partial charge in [-0.05, 0) is 46.5 Å². The minimum Gasteiger partial charge on any atom is -0.444 e. The summed E-state index contributed by atoms with van der Waals surface area (Å²) in [6, 6.07) is 1.05. The molecular formula is C15H29N3O2. The van der Waals surface area contributed by atoms with Crippen molar-refractivity contribution >= 4 is 6.09 Å². The maximum absolute atomic E-state index is 12.1. The minimum atomic E-state index is -0.411.